The van der Waals surface area contributed by atoms with Crippen molar-refractivity contribution in [1.82, 2.24) is 10.6 Å². The van der Waals surface area contributed by atoms with E-state index in [1.165, 1.54) is 0 Å². The van der Waals surface area contributed by atoms with Gasteiger partial charge in [-0.25, -0.2) is 0 Å². The second-order valence-electron chi connectivity index (χ2n) is 4.86. The van der Waals surface area contributed by atoms with Crippen molar-refractivity contribution in [2.45, 2.75) is 57.3 Å². The third kappa shape index (κ3) is 6.95. The Balaban J connectivity index is 2.35. The third-order valence-electron chi connectivity index (χ3n) is 3.05. The standard InChI is InChI=1S/C14H22F2N2O2S/c1-4-9(2)18-13(19)10(3)17-7-11-5-6-12(20-11)8-21-14(15)16/h5-6,9-10,14,17H,4,7-8H2,1-3H3,(H,18,19). The van der Waals surface area contributed by atoms with Crippen molar-refractivity contribution in [3.63, 3.8) is 0 Å². The molecule has 2 N–H and O–H groups in total. The maximum absolute atomic E-state index is 12.1. The summed E-state index contributed by atoms with van der Waals surface area (Å²) in [6.45, 7) is 6.11. The maximum Gasteiger partial charge on any atom is 0.284 e. The van der Waals surface area contributed by atoms with Crippen LogP contribution in [-0.4, -0.2) is 23.7 Å². The number of nitrogens with one attached hydrogen (secondary N) is 2. The molecule has 0 bridgehead atoms. The van der Waals surface area contributed by atoms with Crippen LogP contribution >= 0.6 is 11.8 Å². The normalized spacial score (nSPS) is 14.2. The summed E-state index contributed by atoms with van der Waals surface area (Å²) in [4.78, 5) is 11.8. The van der Waals surface area contributed by atoms with E-state index in [4.69, 9.17) is 4.42 Å². The summed E-state index contributed by atoms with van der Waals surface area (Å²) in [6.07, 6.45) is 0.877. The number of furan rings is 1. The lowest BCUT2D eigenvalue weighted by Gasteiger charge is -2.16. The van der Waals surface area contributed by atoms with Crippen molar-refractivity contribution < 1.29 is 18.0 Å². The molecule has 0 aliphatic heterocycles. The van der Waals surface area contributed by atoms with Crippen LogP contribution in [0.4, 0.5) is 8.78 Å². The first kappa shape index (κ1) is 18.0. The summed E-state index contributed by atoms with van der Waals surface area (Å²) in [7, 11) is 0. The van der Waals surface area contributed by atoms with Gasteiger partial charge in [0.05, 0.1) is 18.3 Å². The van der Waals surface area contributed by atoms with Crippen molar-refractivity contribution >= 4 is 17.7 Å². The van der Waals surface area contributed by atoms with E-state index in [-0.39, 0.29) is 23.7 Å². The van der Waals surface area contributed by atoms with Crippen LogP contribution in [0.25, 0.3) is 0 Å². The van der Waals surface area contributed by atoms with Crippen LogP contribution in [0.1, 0.15) is 38.7 Å². The Kier molecular flexibility index (Phi) is 7.74. The number of halogens is 2. The molecule has 1 aromatic heterocycles. The molecule has 0 fully saturated rings. The van der Waals surface area contributed by atoms with Crippen LogP contribution in [0.15, 0.2) is 16.5 Å². The number of amides is 1. The van der Waals surface area contributed by atoms with Gasteiger partial charge in [-0.3, -0.25) is 10.1 Å². The number of rotatable bonds is 9. The van der Waals surface area contributed by atoms with E-state index in [1.807, 2.05) is 13.8 Å². The molecule has 0 radical (unpaired) electrons. The summed E-state index contributed by atoms with van der Waals surface area (Å²) in [5.41, 5.74) is 0. The molecule has 1 aromatic rings. The van der Waals surface area contributed by atoms with E-state index in [0.717, 1.165) is 6.42 Å². The number of hydrogen-bond donors (Lipinski definition) is 2. The van der Waals surface area contributed by atoms with Crippen LogP contribution in [-0.2, 0) is 17.1 Å². The first-order chi connectivity index (χ1) is 9.92. The van der Waals surface area contributed by atoms with Gasteiger partial charge in [-0.1, -0.05) is 18.7 Å². The van der Waals surface area contributed by atoms with Gasteiger partial charge in [-0.2, -0.15) is 8.78 Å². The van der Waals surface area contributed by atoms with E-state index in [9.17, 15) is 13.6 Å². The molecule has 21 heavy (non-hydrogen) atoms. The van der Waals surface area contributed by atoms with Gasteiger partial charge in [0.15, 0.2) is 0 Å². The Morgan fingerprint density at radius 1 is 1.33 bits per heavy atom. The summed E-state index contributed by atoms with van der Waals surface area (Å²) in [6, 6.07) is 3.20. The summed E-state index contributed by atoms with van der Waals surface area (Å²) >= 11 is 0.525. The maximum atomic E-state index is 12.1. The Morgan fingerprint density at radius 2 is 2.00 bits per heavy atom. The molecule has 0 saturated heterocycles. The molecule has 0 saturated carbocycles. The topological polar surface area (TPSA) is 54.3 Å². The number of hydrogen-bond acceptors (Lipinski definition) is 4. The zero-order valence-electron chi connectivity index (χ0n) is 12.5. The van der Waals surface area contributed by atoms with Crippen molar-refractivity contribution in [1.29, 1.82) is 0 Å². The molecule has 4 nitrogen and oxygen atoms in total. The molecule has 2 atom stereocenters. The zero-order chi connectivity index (χ0) is 15.8. The van der Waals surface area contributed by atoms with Gasteiger partial charge < -0.3 is 9.73 Å². The second kappa shape index (κ2) is 9.04. The van der Waals surface area contributed by atoms with Crippen LogP contribution in [0.3, 0.4) is 0 Å². The van der Waals surface area contributed by atoms with E-state index in [1.54, 1.807) is 19.1 Å². The largest absolute Gasteiger partial charge is 0.464 e. The highest BCUT2D eigenvalue weighted by Gasteiger charge is 2.14. The molecule has 2 unspecified atom stereocenters. The van der Waals surface area contributed by atoms with Gasteiger partial charge in [0.2, 0.25) is 5.91 Å². The molecule has 120 valence electrons. The Labute approximate surface area is 128 Å². The molecule has 0 spiro atoms. The fourth-order valence-corrected chi connectivity index (χ4v) is 2.00. The van der Waals surface area contributed by atoms with Crippen molar-refractivity contribution in [2.24, 2.45) is 0 Å². The van der Waals surface area contributed by atoms with Crippen LogP contribution in [0, 0.1) is 0 Å². The van der Waals surface area contributed by atoms with E-state index in [2.05, 4.69) is 10.6 Å². The Hall–Kier alpha value is -1.08. The van der Waals surface area contributed by atoms with Gasteiger partial charge in [-0.05, 0) is 32.4 Å². The van der Waals surface area contributed by atoms with Gasteiger partial charge in [0, 0.05) is 6.04 Å². The van der Waals surface area contributed by atoms with Gasteiger partial charge in [0.1, 0.15) is 11.5 Å². The molecule has 7 heteroatoms. The Morgan fingerprint density at radius 3 is 2.62 bits per heavy atom. The molecule has 1 rings (SSSR count). The molecular weight excluding hydrogens is 298 g/mol. The number of alkyl halides is 2. The average Bonchev–Trinajstić information content (AvgIpc) is 2.90. The quantitative estimate of drug-likeness (QED) is 0.734. The first-order valence-electron chi connectivity index (χ1n) is 6.93. The van der Waals surface area contributed by atoms with Crippen molar-refractivity contribution in [3.8, 4) is 0 Å². The minimum absolute atomic E-state index is 0.0654. The Bertz CT molecular complexity index is 440. The molecule has 0 aliphatic carbocycles. The highest BCUT2D eigenvalue weighted by molar-refractivity contribution is 7.98. The molecule has 1 amide bonds. The zero-order valence-corrected chi connectivity index (χ0v) is 13.3. The number of thioether (sulfide) groups is 1. The molecule has 0 aromatic carbocycles. The minimum atomic E-state index is -2.40. The number of carbonyl (C=O) groups excluding carboxylic acids is 1. The summed E-state index contributed by atoms with van der Waals surface area (Å²) < 4.78 is 29.6. The molecule has 1 heterocycles. The predicted octanol–water partition coefficient (Wildman–Crippen LogP) is 3.13. The average molecular weight is 320 g/mol. The SMILES string of the molecule is CCC(C)NC(=O)C(C)NCc1ccc(CSC(F)F)o1. The lowest BCUT2D eigenvalue weighted by molar-refractivity contribution is -0.123. The highest BCUT2D eigenvalue weighted by atomic mass is 32.2. The van der Waals surface area contributed by atoms with Crippen LogP contribution in [0.5, 0.6) is 0 Å². The number of carbonyl (C=O) groups is 1. The van der Waals surface area contributed by atoms with Gasteiger partial charge in [-0.15, -0.1) is 0 Å². The van der Waals surface area contributed by atoms with Gasteiger partial charge >= 0.3 is 0 Å². The monoisotopic (exact) mass is 320 g/mol. The van der Waals surface area contributed by atoms with Crippen LogP contribution in [0.2, 0.25) is 0 Å². The first-order valence-corrected chi connectivity index (χ1v) is 7.98. The molecule has 0 aliphatic rings. The fraction of sp³-hybridized carbons (Fsp3) is 0.643. The van der Waals surface area contributed by atoms with Crippen LogP contribution < -0.4 is 10.6 Å². The van der Waals surface area contributed by atoms with Gasteiger partial charge in [0.25, 0.3) is 5.76 Å². The summed E-state index contributed by atoms with van der Waals surface area (Å²) in [5.74, 6) is -1.19. The highest BCUT2D eigenvalue weighted by Crippen LogP contribution is 2.21. The minimum Gasteiger partial charge on any atom is -0.464 e. The van der Waals surface area contributed by atoms with Crippen molar-refractivity contribution in [2.75, 3.05) is 0 Å². The smallest absolute Gasteiger partial charge is 0.284 e. The van der Waals surface area contributed by atoms with E-state index >= 15 is 0 Å². The van der Waals surface area contributed by atoms with E-state index in [0.29, 0.717) is 29.8 Å². The van der Waals surface area contributed by atoms with Crippen molar-refractivity contribution in [3.05, 3.63) is 23.7 Å². The lowest BCUT2D eigenvalue weighted by atomic mass is 10.2. The third-order valence-corrected chi connectivity index (χ3v) is 3.75. The lowest BCUT2D eigenvalue weighted by Crippen LogP contribution is -2.44. The van der Waals surface area contributed by atoms with E-state index < -0.39 is 5.76 Å². The fourth-order valence-electron chi connectivity index (χ4n) is 1.56. The summed E-state index contributed by atoms with van der Waals surface area (Å²) in [5, 5.41) is 5.93. The second-order valence-corrected chi connectivity index (χ2v) is 5.84. The molecular formula is C14H22F2N2O2S. The predicted molar refractivity (Wildman–Crippen MR) is 80.2 cm³/mol.